The molecule has 0 saturated carbocycles. The van der Waals surface area contributed by atoms with E-state index in [0.717, 1.165) is 26.9 Å². The normalized spacial score (nSPS) is 11.1. The number of ether oxygens (including phenoxy) is 1. The Morgan fingerprint density at radius 1 is 1.09 bits per heavy atom. The van der Waals surface area contributed by atoms with Gasteiger partial charge in [-0.25, -0.2) is 4.79 Å². The second-order valence-electron chi connectivity index (χ2n) is 6.16. The molecule has 0 spiro atoms. The Labute approximate surface area is 139 Å². The number of benzene rings is 2. The first kappa shape index (κ1) is 16.6. The van der Waals surface area contributed by atoms with E-state index in [-0.39, 0.29) is 0 Å². The topological polar surface area (TPSA) is 38.3 Å². The average Bonchev–Trinajstić information content (AvgIpc) is 2.38. The van der Waals surface area contributed by atoms with Gasteiger partial charge in [-0.3, -0.25) is 5.32 Å². The smallest absolute Gasteiger partial charge is 0.412 e. The van der Waals surface area contributed by atoms with Gasteiger partial charge in [-0.05, 0) is 68.7 Å². The van der Waals surface area contributed by atoms with Crippen LogP contribution >= 0.6 is 15.9 Å². The molecule has 4 heteroatoms. The molecular weight excluding hydrogens is 342 g/mol. The van der Waals surface area contributed by atoms with E-state index in [1.54, 1.807) is 0 Å². The predicted octanol–water partition coefficient (Wildman–Crippen LogP) is 5.77. The molecular formula is C18H20BrNO2. The number of rotatable bonds is 2. The van der Waals surface area contributed by atoms with Crippen molar-refractivity contribution in [1.29, 1.82) is 0 Å². The summed E-state index contributed by atoms with van der Waals surface area (Å²) in [7, 11) is 0. The molecule has 0 aliphatic heterocycles. The second-order valence-corrected chi connectivity index (χ2v) is 7.08. The first-order chi connectivity index (χ1) is 10.2. The van der Waals surface area contributed by atoms with Crippen LogP contribution in [0, 0.1) is 6.92 Å². The van der Waals surface area contributed by atoms with Gasteiger partial charge < -0.3 is 4.74 Å². The first-order valence-corrected chi connectivity index (χ1v) is 7.90. The number of aryl methyl sites for hydroxylation is 1. The van der Waals surface area contributed by atoms with Crippen molar-refractivity contribution in [2.24, 2.45) is 0 Å². The summed E-state index contributed by atoms with van der Waals surface area (Å²) < 4.78 is 6.31. The fraction of sp³-hybridized carbons (Fsp3) is 0.278. The summed E-state index contributed by atoms with van der Waals surface area (Å²) >= 11 is 3.44. The summed E-state index contributed by atoms with van der Waals surface area (Å²) in [5.41, 5.74) is 3.60. The summed E-state index contributed by atoms with van der Waals surface area (Å²) in [5.74, 6) is 0. The van der Waals surface area contributed by atoms with Crippen molar-refractivity contribution in [2.45, 2.75) is 33.3 Å². The van der Waals surface area contributed by atoms with Gasteiger partial charge in [-0.2, -0.15) is 0 Å². The molecule has 2 aromatic rings. The van der Waals surface area contributed by atoms with Gasteiger partial charge in [0.2, 0.25) is 0 Å². The van der Waals surface area contributed by atoms with Crippen LogP contribution in [-0.2, 0) is 4.74 Å². The molecule has 116 valence electrons. The Morgan fingerprint density at radius 2 is 1.73 bits per heavy atom. The molecule has 1 amide bonds. The number of hydrogen-bond acceptors (Lipinski definition) is 2. The van der Waals surface area contributed by atoms with Crippen LogP contribution in [0.15, 0.2) is 46.9 Å². The van der Waals surface area contributed by atoms with Gasteiger partial charge in [0.05, 0.1) is 0 Å². The molecule has 3 nitrogen and oxygen atoms in total. The number of carbonyl (C=O) groups excluding carboxylic acids is 1. The van der Waals surface area contributed by atoms with Crippen LogP contribution in [0.5, 0.6) is 0 Å². The molecule has 2 aromatic carbocycles. The van der Waals surface area contributed by atoms with Crippen molar-refractivity contribution in [3.8, 4) is 11.1 Å². The molecule has 0 unspecified atom stereocenters. The fourth-order valence-electron chi connectivity index (χ4n) is 2.12. The SMILES string of the molecule is Cc1cc(NC(=O)OC(C)(C)C)ccc1-c1ccc(Br)cc1. The monoisotopic (exact) mass is 361 g/mol. The quantitative estimate of drug-likeness (QED) is 0.736. The third kappa shape index (κ3) is 4.60. The van der Waals surface area contributed by atoms with E-state index in [0.29, 0.717) is 0 Å². The van der Waals surface area contributed by atoms with Crippen LogP contribution in [0.3, 0.4) is 0 Å². The zero-order valence-corrected chi connectivity index (χ0v) is 14.8. The van der Waals surface area contributed by atoms with Gasteiger partial charge in [0.25, 0.3) is 0 Å². The number of carbonyl (C=O) groups is 1. The molecule has 0 atom stereocenters. The van der Waals surface area contributed by atoms with E-state index < -0.39 is 11.7 Å². The van der Waals surface area contributed by atoms with Gasteiger partial charge in [0.1, 0.15) is 5.60 Å². The summed E-state index contributed by atoms with van der Waals surface area (Å²) in [6, 6.07) is 14.0. The maximum absolute atomic E-state index is 11.8. The molecule has 1 N–H and O–H groups in total. The van der Waals surface area contributed by atoms with E-state index in [4.69, 9.17) is 4.74 Å². The molecule has 0 heterocycles. The minimum Gasteiger partial charge on any atom is -0.444 e. The lowest BCUT2D eigenvalue weighted by Crippen LogP contribution is -2.27. The lowest BCUT2D eigenvalue weighted by Gasteiger charge is -2.20. The Morgan fingerprint density at radius 3 is 2.27 bits per heavy atom. The van der Waals surface area contributed by atoms with Crippen LogP contribution in [0.4, 0.5) is 10.5 Å². The minimum absolute atomic E-state index is 0.441. The van der Waals surface area contributed by atoms with Gasteiger partial charge in [-0.1, -0.05) is 34.1 Å². The number of amides is 1. The Hall–Kier alpha value is -1.81. The Balaban J connectivity index is 2.16. The summed E-state index contributed by atoms with van der Waals surface area (Å²) in [5, 5.41) is 2.76. The van der Waals surface area contributed by atoms with Crippen LogP contribution in [0.1, 0.15) is 26.3 Å². The molecule has 2 rings (SSSR count). The number of halogens is 1. The summed E-state index contributed by atoms with van der Waals surface area (Å²) in [6.07, 6.45) is -0.441. The van der Waals surface area contributed by atoms with Gasteiger partial charge in [0, 0.05) is 10.2 Å². The standard InChI is InChI=1S/C18H20BrNO2/c1-12-11-15(20-17(21)22-18(2,3)4)9-10-16(12)13-5-7-14(19)8-6-13/h5-11H,1-4H3,(H,20,21). The summed E-state index contributed by atoms with van der Waals surface area (Å²) in [4.78, 5) is 11.8. The Bertz CT molecular complexity index is 672. The maximum atomic E-state index is 11.8. The average molecular weight is 362 g/mol. The van der Waals surface area contributed by atoms with Crippen molar-refractivity contribution in [3.05, 3.63) is 52.5 Å². The van der Waals surface area contributed by atoms with Crippen molar-refractivity contribution < 1.29 is 9.53 Å². The van der Waals surface area contributed by atoms with Crippen molar-refractivity contribution in [3.63, 3.8) is 0 Å². The molecule has 0 saturated heterocycles. The zero-order valence-electron chi connectivity index (χ0n) is 13.2. The van der Waals surface area contributed by atoms with Crippen LogP contribution in [0.25, 0.3) is 11.1 Å². The molecule has 0 aliphatic carbocycles. The molecule has 0 aliphatic rings. The van der Waals surface area contributed by atoms with E-state index in [1.165, 1.54) is 0 Å². The number of anilines is 1. The van der Waals surface area contributed by atoms with Crippen molar-refractivity contribution >= 4 is 27.7 Å². The Kier molecular flexibility index (Phi) is 4.91. The highest BCUT2D eigenvalue weighted by Crippen LogP contribution is 2.27. The van der Waals surface area contributed by atoms with Gasteiger partial charge in [0.15, 0.2) is 0 Å². The molecule has 0 radical (unpaired) electrons. The van der Waals surface area contributed by atoms with Crippen molar-refractivity contribution in [1.82, 2.24) is 0 Å². The zero-order chi connectivity index (χ0) is 16.3. The number of hydrogen-bond donors (Lipinski definition) is 1. The van der Waals surface area contributed by atoms with Crippen LogP contribution < -0.4 is 5.32 Å². The van der Waals surface area contributed by atoms with Crippen LogP contribution in [0.2, 0.25) is 0 Å². The second kappa shape index (κ2) is 6.53. The molecule has 0 aromatic heterocycles. The molecule has 22 heavy (non-hydrogen) atoms. The highest BCUT2D eigenvalue weighted by Gasteiger charge is 2.16. The van der Waals surface area contributed by atoms with E-state index >= 15 is 0 Å². The lowest BCUT2D eigenvalue weighted by molar-refractivity contribution is 0.0636. The third-order valence-corrected chi connectivity index (χ3v) is 3.56. The lowest BCUT2D eigenvalue weighted by atomic mass is 10.0. The highest BCUT2D eigenvalue weighted by atomic mass is 79.9. The summed E-state index contributed by atoms with van der Waals surface area (Å²) in [6.45, 7) is 7.55. The minimum atomic E-state index is -0.503. The number of nitrogens with one attached hydrogen (secondary N) is 1. The van der Waals surface area contributed by atoms with E-state index in [1.807, 2.05) is 58.0 Å². The van der Waals surface area contributed by atoms with Crippen molar-refractivity contribution in [2.75, 3.05) is 5.32 Å². The predicted molar refractivity (Wildman–Crippen MR) is 94.2 cm³/mol. The van der Waals surface area contributed by atoms with E-state index in [2.05, 4.69) is 33.4 Å². The molecule has 0 bridgehead atoms. The van der Waals surface area contributed by atoms with Gasteiger partial charge in [-0.15, -0.1) is 0 Å². The van der Waals surface area contributed by atoms with Gasteiger partial charge >= 0.3 is 6.09 Å². The fourth-order valence-corrected chi connectivity index (χ4v) is 2.38. The largest absolute Gasteiger partial charge is 0.444 e. The highest BCUT2D eigenvalue weighted by molar-refractivity contribution is 9.10. The maximum Gasteiger partial charge on any atom is 0.412 e. The van der Waals surface area contributed by atoms with Crippen LogP contribution in [-0.4, -0.2) is 11.7 Å². The van der Waals surface area contributed by atoms with E-state index in [9.17, 15) is 4.79 Å². The molecule has 0 fully saturated rings. The first-order valence-electron chi connectivity index (χ1n) is 7.11. The third-order valence-electron chi connectivity index (χ3n) is 3.03.